The second-order valence-electron chi connectivity index (χ2n) is 5.86. The zero-order valence-electron chi connectivity index (χ0n) is 15.6. The molecule has 0 fully saturated rings. The highest BCUT2D eigenvalue weighted by Gasteiger charge is 2.30. The molecular formula is C18H20F3N3O4S. The summed E-state index contributed by atoms with van der Waals surface area (Å²) in [6.07, 6.45) is -4.46. The number of carbonyl (C=O) groups is 1. The first kappa shape index (κ1) is 22.7. The van der Waals surface area contributed by atoms with Crippen molar-refractivity contribution >= 4 is 27.3 Å². The Morgan fingerprint density at radius 2 is 1.76 bits per heavy atom. The summed E-state index contributed by atoms with van der Waals surface area (Å²) >= 11 is 0. The molecule has 0 bridgehead atoms. The number of sulfonamides is 1. The highest BCUT2D eigenvalue weighted by atomic mass is 32.2. The summed E-state index contributed by atoms with van der Waals surface area (Å²) in [4.78, 5) is 12.4. The maximum absolute atomic E-state index is 12.7. The van der Waals surface area contributed by atoms with Gasteiger partial charge in [-0.2, -0.15) is 13.2 Å². The van der Waals surface area contributed by atoms with Gasteiger partial charge in [-0.05, 0) is 49.5 Å². The second-order valence-corrected chi connectivity index (χ2v) is 7.75. The van der Waals surface area contributed by atoms with E-state index in [9.17, 15) is 26.4 Å². The van der Waals surface area contributed by atoms with Gasteiger partial charge in [0, 0.05) is 19.3 Å². The quantitative estimate of drug-likeness (QED) is 0.559. The summed E-state index contributed by atoms with van der Waals surface area (Å²) in [6, 6.07) is 8.07. The molecule has 2 rings (SSSR count). The van der Waals surface area contributed by atoms with Crippen molar-refractivity contribution in [2.24, 2.45) is 0 Å². The van der Waals surface area contributed by atoms with Gasteiger partial charge in [-0.3, -0.25) is 4.79 Å². The van der Waals surface area contributed by atoms with Crippen LogP contribution in [-0.2, 0) is 20.9 Å². The Morgan fingerprint density at radius 1 is 1.10 bits per heavy atom. The van der Waals surface area contributed by atoms with Crippen LogP contribution in [0.1, 0.15) is 15.9 Å². The van der Waals surface area contributed by atoms with Gasteiger partial charge in [0.05, 0.1) is 28.3 Å². The van der Waals surface area contributed by atoms with Crippen LogP contribution in [0.2, 0.25) is 0 Å². The van der Waals surface area contributed by atoms with Gasteiger partial charge in [-0.1, -0.05) is 0 Å². The molecule has 0 aliphatic rings. The maximum Gasteiger partial charge on any atom is 0.416 e. The molecule has 1 amide bonds. The van der Waals surface area contributed by atoms with Crippen molar-refractivity contribution < 1.29 is 31.1 Å². The summed E-state index contributed by atoms with van der Waals surface area (Å²) in [5, 5.41) is 5.43. The zero-order valence-corrected chi connectivity index (χ0v) is 16.4. The molecule has 0 aliphatic heterocycles. The minimum atomic E-state index is -4.46. The Bertz CT molecular complexity index is 961. The van der Waals surface area contributed by atoms with Gasteiger partial charge >= 0.3 is 6.18 Å². The summed E-state index contributed by atoms with van der Waals surface area (Å²) in [5.74, 6) is -0.565. The zero-order chi connectivity index (χ0) is 21.7. The Labute approximate surface area is 166 Å². The number of alkyl halides is 3. The van der Waals surface area contributed by atoms with Crippen molar-refractivity contribution in [2.45, 2.75) is 11.1 Å². The van der Waals surface area contributed by atoms with E-state index >= 15 is 0 Å². The van der Waals surface area contributed by atoms with Crippen molar-refractivity contribution in [3.05, 3.63) is 53.6 Å². The van der Waals surface area contributed by atoms with Gasteiger partial charge in [-0.15, -0.1) is 0 Å². The van der Waals surface area contributed by atoms with E-state index in [1.165, 1.54) is 44.5 Å². The lowest BCUT2D eigenvalue weighted by Gasteiger charge is -2.15. The lowest BCUT2D eigenvalue weighted by atomic mass is 10.1. The fraction of sp³-hybridized carbons (Fsp3) is 0.278. The number of rotatable bonds is 8. The smallest absolute Gasteiger partial charge is 0.383 e. The summed E-state index contributed by atoms with van der Waals surface area (Å²) < 4.78 is 69.2. The molecule has 2 aromatic rings. The average Bonchev–Trinajstić information content (AvgIpc) is 2.68. The predicted molar refractivity (Wildman–Crippen MR) is 102 cm³/mol. The van der Waals surface area contributed by atoms with Crippen molar-refractivity contribution in [1.29, 1.82) is 0 Å². The molecule has 11 heteroatoms. The summed E-state index contributed by atoms with van der Waals surface area (Å²) in [6.45, 7) is 0.444. The van der Waals surface area contributed by atoms with E-state index in [-0.39, 0.29) is 29.3 Å². The number of halogens is 3. The molecule has 0 saturated carbocycles. The third-order valence-electron chi connectivity index (χ3n) is 3.90. The van der Waals surface area contributed by atoms with Crippen LogP contribution in [0.15, 0.2) is 47.4 Å². The van der Waals surface area contributed by atoms with Crippen LogP contribution in [-0.4, -0.2) is 41.6 Å². The minimum absolute atomic E-state index is 0.0114. The number of nitrogens with one attached hydrogen (secondary N) is 3. The van der Waals surface area contributed by atoms with Crippen LogP contribution in [0.25, 0.3) is 0 Å². The van der Waals surface area contributed by atoms with Gasteiger partial charge in [0.15, 0.2) is 0 Å². The average molecular weight is 431 g/mol. The van der Waals surface area contributed by atoms with Crippen LogP contribution in [0.4, 0.5) is 24.5 Å². The third kappa shape index (κ3) is 5.92. The first-order chi connectivity index (χ1) is 13.6. The van der Waals surface area contributed by atoms with Crippen molar-refractivity contribution in [2.75, 3.05) is 32.6 Å². The van der Waals surface area contributed by atoms with Crippen molar-refractivity contribution in [3.8, 4) is 0 Å². The van der Waals surface area contributed by atoms with Gasteiger partial charge in [0.25, 0.3) is 5.91 Å². The Morgan fingerprint density at radius 3 is 2.31 bits per heavy atom. The van der Waals surface area contributed by atoms with E-state index in [4.69, 9.17) is 4.74 Å². The van der Waals surface area contributed by atoms with Crippen LogP contribution >= 0.6 is 0 Å². The summed E-state index contributed by atoms with van der Waals surface area (Å²) in [7, 11) is -1.10. The molecule has 2 aromatic carbocycles. The van der Waals surface area contributed by atoms with E-state index < -0.39 is 27.7 Å². The van der Waals surface area contributed by atoms with E-state index in [1.54, 1.807) is 0 Å². The number of benzene rings is 2. The van der Waals surface area contributed by atoms with Crippen molar-refractivity contribution in [1.82, 2.24) is 10.0 Å². The molecule has 0 aliphatic carbocycles. The number of methoxy groups -OCH3 is 1. The molecule has 0 radical (unpaired) electrons. The fourth-order valence-corrected chi connectivity index (χ4v) is 3.12. The van der Waals surface area contributed by atoms with E-state index in [1.807, 2.05) is 0 Å². The van der Waals surface area contributed by atoms with Crippen LogP contribution in [0.3, 0.4) is 0 Å². The molecule has 0 spiro atoms. The van der Waals surface area contributed by atoms with E-state index in [0.29, 0.717) is 5.69 Å². The van der Waals surface area contributed by atoms with Gasteiger partial charge in [0.1, 0.15) is 0 Å². The molecule has 29 heavy (non-hydrogen) atoms. The van der Waals surface area contributed by atoms with Crippen LogP contribution in [0, 0.1) is 0 Å². The van der Waals surface area contributed by atoms with E-state index in [2.05, 4.69) is 15.4 Å². The second kappa shape index (κ2) is 9.25. The highest BCUT2D eigenvalue weighted by Crippen LogP contribution is 2.31. The molecule has 0 unspecified atom stereocenters. The standard InChI is InChI=1S/C18H20F3N3O4S/c1-22-29(26,27)14-7-8-16(15(11-14)17(25)23-9-10-28-2)24-13-5-3-12(4-6-13)18(19,20)21/h3-8,11,22,24H,9-10H2,1-2H3,(H,23,25). The lowest BCUT2D eigenvalue weighted by Crippen LogP contribution is -2.28. The summed E-state index contributed by atoms with van der Waals surface area (Å²) in [5.41, 5.74) is -0.267. The number of amides is 1. The molecule has 0 saturated heterocycles. The first-order valence-electron chi connectivity index (χ1n) is 8.37. The molecule has 0 aromatic heterocycles. The molecule has 7 nitrogen and oxygen atoms in total. The number of carbonyl (C=O) groups excluding carboxylic acids is 1. The SMILES string of the molecule is CNS(=O)(=O)c1ccc(Nc2ccc(C(F)(F)F)cc2)c(C(=O)NCCOC)c1. The van der Waals surface area contributed by atoms with E-state index in [0.717, 1.165) is 12.1 Å². The topological polar surface area (TPSA) is 96.5 Å². The number of anilines is 2. The number of hydrogen-bond donors (Lipinski definition) is 3. The molecule has 0 heterocycles. The van der Waals surface area contributed by atoms with Crippen LogP contribution < -0.4 is 15.4 Å². The van der Waals surface area contributed by atoms with Gasteiger partial charge in [0.2, 0.25) is 10.0 Å². The Balaban J connectivity index is 2.37. The normalized spacial score (nSPS) is 11.9. The Hall–Kier alpha value is -2.63. The molecule has 0 atom stereocenters. The Kier molecular flexibility index (Phi) is 7.22. The fourth-order valence-electron chi connectivity index (χ4n) is 2.37. The number of hydrogen-bond acceptors (Lipinski definition) is 5. The molecule has 158 valence electrons. The van der Waals surface area contributed by atoms with Gasteiger partial charge < -0.3 is 15.4 Å². The van der Waals surface area contributed by atoms with Crippen LogP contribution in [0.5, 0.6) is 0 Å². The first-order valence-corrected chi connectivity index (χ1v) is 9.86. The molecular weight excluding hydrogens is 411 g/mol. The maximum atomic E-state index is 12.7. The third-order valence-corrected chi connectivity index (χ3v) is 5.31. The largest absolute Gasteiger partial charge is 0.416 e. The predicted octanol–water partition coefficient (Wildman–Crippen LogP) is 2.73. The molecule has 3 N–H and O–H groups in total. The lowest BCUT2D eigenvalue weighted by molar-refractivity contribution is -0.137. The highest BCUT2D eigenvalue weighted by molar-refractivity contribution is 7.89. The van der Waals surface area contributed by atoms with Crippen molar-refractivity contribution in [3.63, 3.8) is 0 Å². The minimum Gasteiger partial charge on any atom is -0.383 e. The van der Waals surface area contributed by atoms with Gasteiger partial charge in [-0.25, -0.2) is 13.1 Å². The number of ether oxygens (including phenoxy) is 1. The monoisotopic (exact) mass is 431 g/mol.